The Labute approximate surface area is 224 Å². The number of carbonyl (C=O) groups excluding carboxylic acids is 3. The number of nitrogen functional groups attached to an aromatic ring is 1. The lowest BCUT2D eigenvalue weighted by Crippen LogP contribution is -2.61. The van der Waals surface area contributed by atoms with Gasteiger partial charge in [-0.05, 0) is 24.1 Å². The molecule has 1 heterocycles. The van der Waals surface area contributed by atoms with Gasteiger partial charge in [0.1, 0.15) is 24.9 Å². The van der Waals surface area contributed by atoms with Gasteiger partial charge in [0, 0.05) is 12.1 Å². The molecule has 0 bridgehead atoms. The minimum Gasteiger partial charge on any atom is -0.463 e. The molecule has 212 valence electrons. The monoisotopic (exact) mass is 567 g/mol. The Morgan fingerprint density at radius 2 is 1.64 bits per heavy atom. The standard InChI is InChI=1S/C25H30NO12P/c1-2-8-19(27)34-14-18-21(29)22(38-39(31,32)33)23(36-20(28)13-15-9-4-3-5-10-15)25(35-18)37-24(30)16-11-6-7-12-17(16)26/h3-7,9-12,18,21-23,25,29H,2,8,13-14,26H2,1H3,(H2,31,32,33)/t18-,21-,22+,23-,25+/m1/s1. The molecule has 13 nitrogen and oxygen atoms in total. The van der Waals surface area contributed by atoms with Crippen LogP contribution in [0.4, 0.5) is 5.69 Å². The number of para-hydroxylation sites is 1. The first-order valence-electron chi connectivity index (χ1n) is 12.0. The summed E-state index contributed by atoms with van der Waals surface area (Å²) in [6, 6.07) is 14.3. The lowest BCUT2D eigenvalue weighted by Gasteiger charge is -2.42. The van der Waals surface area contributed by atoms with Gasteiger partial charge in [0.15, 0.2) is 6.10 Å². The first-order valence-corrected chi connectivity index (χ1v) is 13.5. The van der Waals surface area contributed by atoms with E-state index in [1.807, 2.05) is 0 Å². The largest absolute Gasteiger partial charge is 0.470 e. The zero-order valence-electron chi connectivity index (χ0n) is 21.0. The van der Waals surface area contributed by atoms with E-state index in [9.17, 15) is 33.8 Å². The van der Waals surface area contributed by atoms with E-state index in [-0.39, 0.29) is 24.1 Å². The topological polar surface area (TPSA) is 201 Å². The predicted octanol–water partition coefficient (Wildman–Crippen LogP) is 1.49. The van der Waals surface area contributed by atoms with E-state index in [1.54, 1.807) is 43.3 Å². The molecular formula is C25H30NO12P. The zero-order chi connectivity index (χ0) is 28.6. The number of ether oxygens (including phenoxy) is 4. The Bertz CT molecular complexity index is 1190. The van der Waals surface area contributed by atoms with Crippen molar-refractivity contribution in [3.8, 4) is 0 Å². The number of hydrogen-bond donors (Lipinski definition) is 4. The van der Waals surface area contributed by atoms with Gasteiger partial charge in [-0.2, -0.15) is 0 Å². The SMILES string of the molecule is CCCC(=O)OC[C@H]1O[C@@H](OC(=O)c2ccccc2N)[C@H](OC(=O)Cc2ccccc2)[C@@H](OP(=O)(O)O)[C@@H]1O. The third-order valence-electron chi connectivity index (χ3n) is 5.60. The normalized spacial score (nSPS) is 23.0. The van der Waals surface area contributed by atoms with E-state index in [0.29, 0.717) is 12.0 Å². The second-order valence-corrected chi connectivity index (χ2v) is 9.83. The number of nitrogens with two attached hydrogens (primary N) is 1. The maximum atomic E-state index is 12.9. The number of rotatable bonds is 11. The van der Waals surface area contributed by atoms with Gasteiger partial charge in [-0.15, -0.1) is 0 Å². The Balaban J connectivity index is 1.91. The molecule has 0 radical (unpaired) electrons. The number of hydrogen-bond acceptors (Lipinski definition) is 11. The van der Waals surface area contributed by atoms with Crippen LogP contribution in [0.1, 0.15) is 35.7 Å². The number of aliphatic hydroxyl groups excluding tert-OH is 1. The second-order valence-electron chi connectivity index (χ2n) is 8.64. The van der Waals surface area contributed by atoms with Gasteiger partial charge in [-0.1, -0.05) is 49.4 Å². The van der Waals surface area contributed by atoms with Crippen molar-refractivity contribution in [2.75, 3.05) is 12.3 Å². The Morgan fingerprint density at radius 3 is 2.28 bits per heavy atom. The lowest BCUT2D eigenvalue weighted by molar-refractivity contribution is -0.287. The maximum Gasteiger partial charge on any atom is 0.470 e. The highest BCUT2D eigenvalue weighted by molar-refractivity contribution is 7.46. The van der Waals surface area contributed by atoms with E-state index in [1.165, 1.54) is 18.2 Å². The molecule has 39 heavy (non-hydrogen) atoms. The average Bonchev–Trinajstić information content (AvgIpc) is 2.87. The molecule has 1 aliphatic rings. The van der Waals surface area contributed by atoms with Crippen LogP contribution in [0.3, 0.4) is 0 Å². The third kappa shape index (κ3) is 8.85. The first-order chi connectivity index (χ1) is 18.5. The first kappa shape index (κ1) is 30.2. The zero-order valence-corrected chi connectivity index (χ0v) is 21.8. The van der Waals surface area contributed by atoms with Crippen molar-refractivity contribution >= 4 is 31.4 Å². The summed E-state index contributed by atoms with van der Waals surface area (Å²) in [6.07, 6.45) is -8.69. The fourth-order valence-corrected chi connectivity index (χ4v) is 4.35. The summed E-state index contributed by atoms with van der Waals surface area (Å²) < 4.78 is 38.1. The van der Waals surface area contributed by atoms with E-state index in [0.717, 1.165) is 0 Å². The summed E-state index contributed by atoms with van der Waals surface area (Å²) in [6.45, 7) is 1.17. The van der Waals surface area contributed by atoms with Crippen LogP contribution >= 0.6 is 7.82 Å². The van der Waals surface area contributed by atoms with Gasteiger partial charge in [0.05, 0.1) is 12.0 Å². The van der Waals surface area contributed by atoms with Crippen molar-refractivity contribution in [2.45, 2.75) is 56.9 Å². The van der Waals surface area contributed by atoms with E-state index in [4.69, 9.17) is 29.2 Å². The van der Waals surface area contributed by atoms with Crippen molar-refractivity contribution in [1.29, 1.82) is 0 Å². The number of aliphatic hydroxyl groups is 1. The minimum atomic E-state index is -5.30. The number of esters is 3. The highest BCUT2D eigenvalue weighted by atomic mass is 31.2. The molecule has 5 N–H and O–H groups in total. The third-order valence-corrected chi connectivity index (χ3v) is 6.12. The summed E-state index contributed by atoms with van der Waals surface area (Å²) in [5.41, 5.74) is 6.39. The molecule has 0 saturated carbocycles. The van der Waals surface area contributed by atoms with Gasteiger partial charge in [-0.3, -0.25) is 14.1 Å². The van der Waals surface area contributed by atoms with Crippen molar-refractivity contribution in [3.05, 3.63) is 65.7 Å². The van der Waals surface area contributed by atoms with Crippen molar-refractivity contribution < 1.29 is 57.3 Å². The summed E-state index contributed by atoms with van der Waals surface area (Å²) >= 11 is 0. The maximum absolute atomic E-state index is 12.9. The molecular weight excluding hydrogens is 537 g/mol. The highest BCUT2D eigenvalue weighted by Gasteiger charge is 2.52. The van der Waals surface area contributed by atoms with Crippen LogP contribution in [0.5, 0.6) is 0 Å². The molecule has 0 unspecified atom stereocenters. The molecule has 14 heteroatoms. The molecule has 1 aliphatic heterocycles. The summed E-state index contributed by atoms with van der Waals surface area (Å²) in [5.74, 6) is -2.53. The second kappa shape index (κ2) is 13.7. The van der Waals surface area contributed by atoms with Crippen LogP contribution in [0.2, 0.25) is 0 Å². The molecule has 1 saturated heterocycles. The average molecular weight is 567 g/mol. The van der Waals surface area contributed by atoms with Gasteiger partial charge >= 0.3 is 25.7 Å². The number of benzene rings is 2. The lowest BCUT2D eigenvalue weighted by atomic mass is 9.99. The van der Waals surface area contributed by atoms with E-state index in [2.05, 4.69) is 0 Å². The molecule has 2 aromatic carbocycles. The highest BCUT2D eigenvalue weighted by Crippen LogP contribution is 2.42. The number of phosphoric acid groups is 1. The van der Waals surface area contributed by atoms with Crippen LogP contribution in [0, 0.1) is 0 Å². The molecule has 2 aromatic rings. The van der Waals surface area contributed by atoms with Gasteiger partial charge in [0.2, 0.25) is 6.29 Å². The van der Waals surface area contributed by atoms with E-state index >= 15 is 0 Å². The van der Waals surface area contributed by atoms with Gasteiger partial charge in [-0.25, -0.2) is 9.36 Å². The number of phosphoric ester groups is 1. The summed E-state index contributed by atoms with van der Waals surface area (Å²) in [5, 5.41) is 10.9. The van der Waals surface area contributed by atoms with Gasteiger partial charge < -0.3 is 39.6 Å². The Kier molecular flexibility index (Phi) is 10.6. The molecule has 1 fully saturated rings. The predicted molar refractivity (Wildman–Crippen MR) is 134 cm³/mol. The molecule has 3 rings (SSSR count). The van der Waals surface area contributed by atoms with Crippen LogP contribution in [-0.2, 0) is 44.0 Å². The molecule has 0 aliphatic carbocycles. The molecule has 0 aromatic heterocycles. The van der Waals surface area contributed by atoms with E-state index < -0.39 is 63.0 Å². The van der Waals surface area contributed by atoms with Crippen molar-refractivity contribution in [2.24, 2.45) is 0 Å². The minimum absolute atomic E-state index is 0.0593. The van der Waals surface area contributed by atoms with Crippen LogP contribution < -0.4 is 5.73 Å². The Morgan fingerprint density at radius 1 is 0.974 bits per heavy atom. The number of carbonyl (C=O) groups is 3. The fraction of sp³-hybridized carbons (Fsp3) is 0.400. The smallest absolute Gasteiger partial charge is 0.463 e. The number of anilines is 1. The Hall–Kier alpha value is -3.32. The van der Waals surface area contributed by atoms with Crippen molar-refractivity contribution in [3.63, 3.8) is 0 Å². The summed E-state index contributed by atoms with van der Waals surface area (Å²) in [4.78, 5) is 56.6. The van der Waals surface area contributed by atoms with Crippen LogP contribution in [0.15, 0.2) is 54.6 Å². The molecule has 0 spiro atoms. The molecule has 0 amide bonds. The van der Waals surface area contributed by atoms with Crippen LogP contribution in [-0.4, -0.2) is 70.1 Å². The summed E-state index contributed by atoms with van der Waals surface area (Å²) in [7, 11) is -5.30. The van der Waals surface area contributed by atoms with Gasteiger partial charge in [0.25, 0.3) is 0 Å². The van der Waals surface area contributed by atoms with Crippen LogP contribution in [0.25, 0.3) is 0 Å². The van der Waals surface area contributed by atoms with Crippen molar-refractivity contribution in [1.82, 2.24) is 0 Å². The quantitative estimate of drug-likeness (QED) is 0.132. The molecule has 5 atom stereocenters. The fourth-order valence-electron chi connectivity index (χ4n) is 3.79.